The number of aliphatic hydroxyl groups excluding tert-OH is 1. The number of ether oxygens (including phenoxy) is 3. The quantitative estimate of drug-likeness (QED) is 0.729. The van der Waals surface area contributed by atoms with Crippen LogP contribution >= 0.6 is 0 Å². The third-order valence-corrected chi connectivity index (χ3v) is 3.95. The molecule has 25 heavy (non-hydrogen) atoms. The third kappa shape index (κ3) is 5.29. The summed E-state index contributed by atoms with van der Waals surface area (Å²) in [4.78, 5) is 0. The zero-order chi connectivity index (χ0) is 18.2. The smallest absolute Gasteiger partial charge is 0.161 e. The van der Waals surface area contributed by atoms with Gasteiger partial charge in [-0.15, -0.1) is 0 Å². The van der Waals surface area contributed by atoms with Gasteiger partial charge in [0.05, 0.1) is 14.2 Å². The molecule has 0 spiro atoms. The summed E-state index contributed by atoms with van der Waals surface area (Å²) in [6.45, 7) is 2.16. The van der Waals surface area contributed by atoms with Crippen LogP contribution in [0, 0.1) is 0 Å². The normalized spacial score (nSPS) is 11.8. The van der Waals surface area contributed by atoms with E-state index in [1.54, 1.807) is 13.2 Å². The Labute approximate surface area is 148 Å². The summed E-state index contributed by atoms with van der Waals surface area (Å²) in [5.74, 6) is 1.95. The molecule has 136 valence electrons. The second kappa shape index (κ2) is 9.18. The summed E-state index contributed by atoms with van der Waals surface area (Å²) in [5.41, 5.74) is 2.12. The lowest BCUT2D eigenvalue weighted by atomic mass is 10.1. The molecule has 0 aliphatic carbocycles. The number of aryl methyl sites for hydroxylation is 1. The molecule has 0 amide bonds. The Hall–Kier alpha value is -2.40. The molecule has 0 saturated heterocycles. The molecule has 0 aromatic heterocycles. The van der Waals surface area contributed by atoms with Crippen LogP contribution in [0.4, 0.5) is 0 Å². The molecule has 0 aliphatic rings. The van der Waals surface area contributed by atoms with E-state index in [1.165, 1.54) is 7.11 Å². The summed E-state index contributed by atoms with van der Waals surface area (Å²) >= 11 is 0. The highest BCUT2D eigenvalue weighted by molar-refractivity contribution is 5.44. The van der Waals surface area contributed by atoms with Crippen LogP contribution in [0.3, 0.4) is 0 Å². The fourth-order valence-corrected chi connectivity index (χ4v) is 2.69. The summed E-state index contributed by atoms with van der Waals surface area (Å²) < 4.78 is 16.6. The van der Waals surface area contributed by atoms with Crippen LogP contribution in [-0.2, 0) is 12.8 Å². The van der Waals surface area contributed by atoms with Crippen molar-refractivity contribution in [3.63, 3.8) is 0 Å². The van der Waals surface area contributed by atoms with Gasteiger partial charge in [-0.05, 0) is 55.2 Å². The summed E-state index contributed by atoms with van der Waals surface area (Å²) in [6.07, 6.45) is 2.12. The Balaban J connectivity index is 2.05. The number of benzene rings is 2. The molecule has 5 nitrogen and oxygen atoms in total. The van der Waals surface area contributed by atoms with Gasteiger partial charge in [-0.1, -0.05) is 12.1 Å². The van der Waals surface area contributed by atoms with E-state index in [1.807, 2.05) is 37.3 Å². The fraction of sp³-hybridized carbons (Fsp3) is 0.400. The largest absolute Gasteiger partial charge is 0.504 e. The Morgan fingerprint density at radius 3 is 2.28 bits per heavy atom. The highest BCUT2D eigenvalue weighted by Gasteiger charge is 2.12. The number of phenolic OH excluding ortho intramolecular Hbond substituents is 1. The average molecular weight is 346 g/mol. The van der Waals surface area contributed by atoms with E-state index in [9.17, 15) is 5.11 Å². The van der Waals surface area contributed by atoms with Gasteiger partial charge in [0.2, 0.25) is 0 Å². The van der Waals surface area contributed by atoms with E-state index in [2.05, 4.69) is 0 Å². The van der Waals surface area contributed by atoms with Crippen molar-refractivity contribution in [2.75, 3.05) is 20.8 Å². The molecular weight excluding hydrogens is 320 g/mol. The van der Waals surface area contributed by atoms with Crippen molar-refractivity contribution >= 4 is 0 Å². The first-order chi connectivity index (χ1) is 12.1. The minimum Gasteiger partial charge on any atom is -0.504 e. The van der Waals surface area contributed by atoms with Gasteiger partial charge in [-0.25, -0.2) is 0 Å². The zero-order valence-corrected chi connectivity index (χ0v) is 15.0. The van der Waals surface area contributed by atoms with Crippen LogP contribution in [0.1, 0.15) is 24.5 Å². The van der Waals surface area contributed by atoms with Gasteiger partial charge in [-0.2, -0.15) is 0 Å². The number of rotatable bonds is 9. The van der Waals surface area contributed by atoms with Crippen molar-refractivity contribution in [1.29, 1.82) is 0 Å². The van der Waals surface area contributed by atoms with E-state index >= 15 is 0 Å². The monoisotopic (exact) mass is 346 g/mol. The van der Waals surface area contributed by atoms with Crippen LogP contribution in [0.5, 0.6) is 23.0 Å². The minimum absolute atomic E-state index is 0.0774. The average Bonchev–Trinajstić information content (AvgIpc) is 2.62. The Morgan fingerprint density at radius 2 is 1.60 bits per heavy atom. The second-order valence-electron chi connectivity index (χ2n) is 5.95. The lowest BCUT2D eigenvalue weighted by Crippen LogP contribution is -2.15. The Bertz CT molecular complexity index is 684. The van der Waals surface area contributed by atoms with Crippen LogP contribution in [0.25, 0.3) is 0 Å². The van der Waals surface area contributed by atoms with E-state index < -0.39 is 0 Å². The van der Waals surface area contributed by atoms with E-state index in [4.69, 9.17) is 19.3 Å². The van der Waals surface area contributed by atoms with Crippen molar-refractivity contribution in [2.45, 2.75) is 32.3 Å². The molecule has 2 rings (SSSR count). The molecule has 2 N–H and O–H groups in total. The lowest BCUT2D eigenvalue weighted by Gasteiger charge is -2.18. The molecule has 0 fully saturated rings. The first-order valence-electron chi connectivity index (χ1n) is 8.37. The van der Waals surface area contributed by atoms with Crippen molar-refractivity contribution in [2.24, 2.45) is 0 Å². The maximum Gasteiger partial charge on any atom is 0.161 e. The number of aromatic hydroxyl groups is 1. The molecule has 0 bridgehead atoms. The van der Waals surface area contributed by atoms with Crippen molar-refractivity contribution in [3.8, 4) is 23.0 Å². The molecule has 2 aromatic rings. The highest BCUT2D eigenvalue weighted by Crippen LogP contribution is 2.31. The Morgan fingerprint density at radius 1 is 0.920 bits per heavy atom. The molecular formula is C20H26O5. The molecule has 0 saturated carbocycles. The van der Waals surface area contributed by atoms with Gasteiger partial charge < -0.3 is 24.4 Å². The van der Waals surface area contributed by atoms with Crippen LogP contribution in [0.15, 0.2) is 36.4 Å². The molecule has 2 aromatic carbocycles. The van der Waals surface area contributed by atoms with E-state index in [0.29, 0.717) is 23.7 Å². The number of aliphatic hydroxyl groups is 1. The van der Waals surface area contributed by atoms with Crippen molar-refractivity contribution in [1.82, 2.24) is 0 Å². The predicted molar refractivity (Wildman–Crippen MR) is 96.9 cm³/mol. The van der Waals surface area contributed by atoms with Gasteiger partial charge in [0, 0.05) is 13.0 Å². The van der Waals surface area contributed by atoms with Gasteiger partial charge in [0.15, 0.2) is 23.0 Å². The lowest BCUT2D eigenvalue weighted by molar-refractivity contribution is 0.211. The molecule has 5 heteroatoms. The highest BCUT2D eigenvalue weighted by atomic mass is 16.5. The molecule has 1 atom stereocenters. The summed E-state index contributed by atoms with van der Waals surface area (Å²) in [5, 5.41) is 18.6. The first kappa shape index (κ1) is 18.9. The molecule has 0 heterocycles. The molecule has 0 radical (unpaired) electrons. The van der Waals surface area contributed by atoms with E-state index in [-0.39, 0.29) is 18.5 Å². The van der Waals surface area contributed by atoms with Gasteiger partial charge in [0.25, 0.3) is 0 Å². The second-order valence-corrected chi connectivity index (χ2v) is 5.95. The molecule has 0 aliphatic heterocycles. The van der Waals surface area contributed by atoms with Gasteiger partial charge in [-0.3, -0.25) is 0 Å². The number of phenols is 1. The standard InChI is InChI=1S/C20H26O5/c1-14(11-16-6-8-17(22)19(13-16)23-2)25-18-9-7-15(5-4-10-21)12-20(18)24-3/h6-9,12-14,21-22H,4-5,10-11H2,1-3H3. The summed E-state index contributed by atoms with van der Waals surface area (Å²) in [7, 11) is 3.15. The third-order valence-electron chi connectivity index (χ3n) is 3.95. The van der Waals surface area contributed by atoms with Crippen LogP contribution in [0.2, 0.25) is 0 Å². The number of hydrogen-bond donors (Lipinski definition) is 2. The number of methoxy groups -OCH3 is 2. The SMILES string of the molecule is COc1cc(CC(C)Oc2ccc(CCCO)cc2OC)ccc1O. The fourth-order valence-electron chi connectivity index (χ4n) is 2.69. The number of hydrogen-bond acceptors (Lipinski definition) is 5. The maximum atomic E-state index is 9.67. The zero-order valence-electron chi connectivity index (χ0n) is 15.0. The predicted octanol–water partition coefficient (Wildman–Crippen LogP) is 3.34. The van der Waals surface area contributed by atoms with Crippen LogP contribution in [-0.4, -0.2) is 37.1 Å². The topological polar surface area (TPSA) is 68.2 Å². The van der Waals surface area contributed by atoms with Gasteiger partial charge in [0.1, 0.15) is 6.10 Å². The van der Waals surface area contributed by atoms with Crippen LogP contribution < -0.4 is 14.2 Å². The Kier molecular flexibility index (Phi) is 6.95. The minimum atomic E-state index is -0.0774. The first-order valence-corrected chi connectivity index (χ1v) is 8.37. The van der Waals surface area contributed by atoms with Crippen molar-refractivity contribution in [3.05, 3.63) is 47.5 Å². The maximum absolute atomic E-state index is 9.67. The molecule has 1 unspecified atom stereocenters. The summed E-state index contributed by atoms with van der Waals surface area (Å²) in [6, 6.07) is 11.1. The van der Waals surface area contributed by atoms with E-state index in [0.717, 1.165) is 24.0 Å². The van der Waals surface area contributed by atoms with Gasteiger partial charge >= 0.3 is 0 Å². The van der Waals surface area contributed by atoms with Crippen molar-refractivity contribution < 1.29 is 24.4 Å².